The molecule has 0 N–H and O–H groups in total. The highest BCUT2D eigenvalue weighted by molar-refractivity contribution is 7.09. The Hall–Kier alpha value is -9.34. The minimum atomic E-state index is -1.47. The van der Waals surface area contributed by atoms with E-state index in [0.29, 0.717) is 40.5 Å². The number of nitrogens with zero attached hydrogens (tertiary/aromatic N) is 4. The minimum absolute atomic E-state index is 0.0160. The Kier molecular flexibility index (Phi) is 29.9. The van der Waals surface area contributed by atoms with Crippen LogP contribution in [0.1, 0.15) is 144 Å². The molecule has 20 heteroatoms. The van der Waals surface area contributed by atoms with E-state index >= 15 is 0 Å². The third-order valence-corrected chi connectivity index (χ3v) is 14.6. The molecule has 1 fully saturated rings. The lowest BCUT2D eigenvalue weighted by molar-refractivity contribution is -0.149. The number of carbonyl (C=O) groups is 4. The standard InChI is InChI=1S/C22H32FNO6.C18H20FNO2.C14H19BO2.C13H7FN2S.C8H7F/c1-9-28-18(25)17(13-15-12-14(2)10-11-16(15)23)24(19(26)29-21(3,4)5)20(27)30-22(6,7)8;1-12-5-8-18(22-4)15(9-12)11-20(14(3)21)17-10-16(19)7-6-13(17)2;1-13(2)14(3,4)17-15(16-13)11-10-12-8-6-5-7-9-12;1-9-16-13(8-17-9)3-2-10-4-11(7-15)6-12(14)5-10;9-7-6-8-4-2-1-3-5-8/h10-12,17H,9,13H2,1-8H3;5-10H,11H2,1-4H3;5-11H,1-4H3;4-6,8H,1H3;1-7H/b;;11-10+;;7-6+/t17-;;;;/m0..../s1/i23-1;19-1;;14-1;9-1. The van der Waals surface area contributed by atoms with Gasteiger partial charge in [-0.1, -0.05) is 120 Å². The molecule has 0 unspecified atom stereocenters. The van der Waals surface area contributed by atoms with Gasteiger partial charge in [0.25, 0.3) is 0 Å². The zero-order valence-electron chi connectivity index (χ0n) is 57.2. The summed E-state index contributed by atoms with van der Waals surface area (Å²) in [6.45, 7) is 28.9. The zero-order valence-corrected chi connectivity index (χ0v) is 58.0. The number of esters is 1. The van der Waals surface area contributed by atoms with Crippen LogP contribution in [0.25, 0.3) is 12.2 Å². The first-order chi connectivity index (χ1) is 44.6. The van der Waals surface area contributed by atoms with Gasteiger partial charge in [-0.2, -0.15) is 10.2 Å². The Bertz CT molecular complexity index is 3820. The largest absolute Gasteiger partial charge is 0.496 e. The molecule has 14 nitrogen and oxygen atoms in total. The molecule has 0 radical (unpaired) electrons. The maximum Gasteiger partial charge on any atom is 0.487 e. The van der Waals surface area contributed by atoms with Gasteiger partial charge in [-0.3, -0.25) is 4.79 Å². The molecule has 7 aromatic rings. The van der Waals surface area contributed by atoms with E-state index in [1.165, 1.54) is 54.7 Å². The molecule has 1 aliphatic rings. The number of thiazole rings is 1. The van der Waals surface area contributed by atoms with Crippen molar-refractivity contribution in [3.63, 3.8) is 0 Å². The molecular formula is C75H85BF4N4O10S. The Morgan fingerprint density at radius 3 is 1.76 bits per heavy atom. The van der Waals surface area contributed by atoms with Crippen LogP contribution in [0, 0.1) is 68.3 Å². The summed E-state index contributed by atoms with van der Waals surface area (Å²) in [6.07, 6.45) is 1.54. The van der Waals surface area contributed by atoms with Gasteiger partial charge in [0, 0.05) is 35.5 Å². The summed E-state index contributed by atoms with van der Waals surface area (Å²) in [6, 6.07) is 38.6. The van der Waals surface area contributed by atoms with Crippen LogP contribution in [0.2, 0.25) is 0 Å². The van der Waals surface area contributed by atoms with Crippen molar-refractivity contribution in [1.82, 2.24) is 9.88 Å². The lowest BCUT2D eigenvalue weighted by atomic mass is 9.89. The highest BCUT2D eigenvalue weighted by Gasteiger charge is 2.50. The van der Waals surface area contributed by atoms with Crippen LogP contribution in [0.4, 0.5) is 32.8 Å². The third kappa shape index (κ3) is 26.5. The number of aromatic nitrogens is 1. The number of rotatable bonds is 12. The quantitative estimate of drug-likeness (QED) is 0.0374. The molecule has 1 atom stereocenters. The summed E-state index contributed by atoms with van der Waals surface area (Å²) in [7, 11) is 1.33. The monoisotopic (exact) mass is 1320 g/mol. The normalized spacial score (nSPS) is 13.0. The van der Waals surface area contributed by atoms with E-state index in [1.807, 2.05) is 111 Å². The lowest BCUT2D eigenvalue weighted by Crippen LogP contribution is -2.53. The predicted octanol–water partition coefficient (Wildman–Crippen LogP) is 17.6. The lowest BCUT2D eigenvalue weighted by Gasteiger charge is -2.32. The van der Waals surface area contributed by atoms with Gasteiger partial charge in [-0.25, -0.2) is 36.9 Å². The first-order valence-corrected chi connectivity index (χ1v) is 31.4. The SMILES string of the molecule is CC1(C)OB(/C=C/c2ccccc2)OC1(C)C.CCOC(=O)[C@H](Cc1cc(C)ccc1[18F])N(C(=O)OC(C)(C)C)C(=O)OC(C)(C)C.COc1ccc(C)cc1CN(C(C)=O)c1cc([18F])ccc1C.Cc1nc(C#Cc2cc([18F])cc(C#N)c2)cs1.[18F]/C=C/c1ccccc1. The van der Waals surface area contributed by atoms with Crippen LogP contribution in [0.5, 0.6) is 5.75 Å². The number of hydrogen-bond donors (Lipinski definition) is 0. The highest BCUT2D eigenvalue weighted by atomic mass is 32.1. The highest BCUT2D eigenvalue weighted by Crippen LogP contribution is 2.37. The number of anilines is 1. The van der Waals surface area contributed by atoms with Crippen LogP contribution in [-0.4, -0.2) is 83.2 Å². The fraction of sp³-hybridized carbons (Fsp3) is 0.333. The molecular weight excluding hydrogens is 1230 g/mol. The molecule has 0 aliphatic carbocycles. The van der Waals surface area contributed by atoms with E-state index in [-0.39, 0.29) is 54.2 Å². The summed E-state index contributed by atoms with van der Waals surface area (Å²) >= 11 is 1.51. The number of halogens is 4. The second kappa shape index (κ2) is 36.4. The second-order valence-electron chi connectivity index (χ2n) is 24.7. The number of aryl methyl sites for hydroxylation is 4. The molecule has 2 heterocycles. The fourth-order valence-electron chi connectivity index (χ4n) is 8.62. The van der Waals surface area contributed by atoms with E-state index in [1.54, 1.807) is 91.7 Å². The topological polar surface area (TPSA) is 167 Å². The Morgan fingerprint density at radius 2 is 1.25 bits per heavy atom. The second-order valence-corrected chi connectivity index (χ2v) is 25.8. The number of carbonyl (C=O) groups excluding carboxylic acids is 4. The van der Waals surface area contributed by atoms with Gasteiger partial charge in [0.1, 0.15) is 46.1 Å². The van der Waals surface area contributed by atoms with Gasteiger partial charge in [-0.15, -0.1) is 11.3 Å². The molecule has 0 bridgehead atoms. The van der Waals surface area contributed by atoms with E-state index in [9.17, 15) is 36.7 Å². The predicted molar refractivity (Wildman–Crippen MR) is 367 cm³/mol. The van der Waals surface area contributed by atoms with Gasteiger partial charge in [-0.05, 0) is 181 Å². The first-order valence-electron chi connectivity index (χ1n) is 30.5. The third-order valence-electron chi connectivity index (χ3n) is 13.8. The number of nitriles is 1. The average Bonchev–Trinajstić information content (AvgIpc) is 1.74. The van der Waals surface area contributed by atoms with Crippen molar-refractivity contribution in [2.24, 2.45) is 0 Å². The average molecular weight is 1320 g/mol. The molecule has 6 aromatic carbocycles. The molecule has 0 saturated carbocycles. The van der Waals surface area contributed by atoms with Crippen molar-refractivity contribution in [3.05, 3.63) is 229 Å². The number of imide groups is 1. The molecule has 1 saturated heterocycles. The van der Waals surface area contributed by atoms with Crippen LogP contribution in [0.3, 0.4) is 0 Å². The van der Waals surface area contributed by atoms with Gasteiger partial charge in [0.2, 0.25) is 5.91 Å². The molecule has 8 rings (SSSR count). The maximum absolute atomic E-state index is 14.4. The summed E-state index contributed by atoms with van der Waals surface area (Å²) < 4.78 is 85.4. The van der Waals surface area contributed by atoms with Crippen molar-refractivity contribution in [1.29, 1.82) is 5.26 Å². The fourth-order valence-corrected chi connectivity index (χ4v) is 9.16. The van der Waals surface area contributed by atoms with Crippen LogP contribution in [-0.2, 0) is 46.1 Å². The van der Waals surface area contributed by atoms with Crippen molar-refractivity contribution < 1.29 is 65.0 Å². The van der Waals surface area contributed by atoms with Gasteiger partial charge in [0.05, 0.1) is 54.4 Å². The molecule has 1 aromatic heterocycles. The van der Waals surface area contributed by atoms with E-state index in [4.69, 9.17) is 33.5 Å². The minimum Gasteiger partial charge on any atom is -0.496 e. The molecule has 0 spiro atoms. The summed E-state index contributed by atoms with van der Waals surface area (Å²) in [4.78, 5) is 56.9. The van der Waals surface area contributed by atoms with E-state index in [2.05, 4.69) is 56.7 Å². The first kappa shape index (κ1) is 78.1. The Labute approximate surface area is 561 Å². The number of benzene rings is 6. The van der Waals surface area contributed by atoms with Crippen LogP contribution >= 0.6 is 11.3 Å². The molecule has 95 heavy (non-hydrogen) atoms. The molecule has 1 aliphatic heterocycles. The van der Waals surface area contributed by atoms with E-state index < -0.39 is 47.0 Å². The smallest absolute Gasteiger partial charge is 0.487 e. The number of amides is 3. The van der Waals surface area contributed by atoms with Crippen LogP contribution < -0.4 is 9.64 Å². The van der Waals surface area contributed by atoms with Crippen molar-refractivity contribution in [3.8, 4) is 23.7 Å². The van der Waals surface area contributed by atoms with E-state index in [0.717, 1.165) is 38.4 Å². The Morgan fingerprint density at radius 1 is 0.705 bits per heavy atom. The van der Waals surface area contributed by atoms with Gasteiger partial charge in [0.15, 0.2) is 0 Å². The van der Waals surface area contributed by atoms with Gasteiger partial charge < -0.3 is 33.2 Å². The summed E-state index contributed by atoms with van der Waals surface area (Å²) in [5.74, 6) is 5.92. The zero-order chi connectivity index (χ0) is 70.8. The summed E-state index contributed by atoms with van der Waals surface area (Å²) in [5, 5.41) is 11.5. The van der Waals surface area contributed by atoms with Crippen molar-refractivity contribution in [2.45, 2.75) is 152 Å². The number of methoxy groups -OCH3 is 1. The van der Waals surface area contributed by atoms with Crippen molar-refractivity contribution >= 4 is 60.4 Å². The Balaban J connectivity index is 0.000000263. The molecule has 3 amide bonds. The number of ether oxygens (including phenoxy) is 4. The van der Waals surface area contributed by atoms with Gasteiger partial charge >= 0.3 is 25.3 Å². The van der Waals surface area contributed by atoms with Crippen LogP contribution in [0.15, 0.2) is 151 Å². The maximum atomic E-state index is 14.4. The molecule has 502 valence electrons. The van der Waals surface area contributed by atoms with Crippen molar-refractivity contribution in [2.75, 3.05) is 18.6 Å². The number of hydrogen-bond acceptors (Lipinski definition) is 13. The summed E-state index contributed by atoms with van der Waals surface area (Å²) in [5.41, 5.74) is 5.36.